The number of aldehydes is 1. The van der Waals surface area contributed by atoms with Crippen molar-refractivity contribution in [1.29, 1.82) is 0 Å². The molecular formula is C18H17ClN4O2. The highest BCUT2D eigenvalue weighted by Crippen LogP contribution is 2.27. The van der Waals surface area contributed by atoms with Crippen LogP contribution < -0.4 is 4.74 Å². The lowest BCUT2D eigenvalue weighted by molar-refractivity contribution is 0.111. The lowest BCUT2D eigenvalue weighted by atomic mass is 10.1. The third-order valence-corrected chi connectivity index (χ3v) is 4.00. The number of halogens is 1. The molecule has 0 N–H and O–H groups in total. The minimum absolute atomic E-state index is 0.208. The summed E-state index contributed by atoms with van der Waals surface area (Å²) in [5.41, 5.74) is 2.86. The van der Waals surface area contributed by atoms with Crippen LogP contribution in [-0.4, -0.2) is 26.0 Å². The maximum atomic E-state index is 11.2. The first-order chi connectivity index (χ1) is 12.1. The summed E-state index contributed by atoms with van der Waals surface area (Å²) in [6.45, 7) is 4.35. The van der Waals surface area contributed by atoms with E-state index < -0.39 is 0 Å². The molecule has 0 fully saturated rings. The third-order valence-electron chi connectivity index (χ3n) is 3.70. The quantitative estimate of drug-likeness (QED) is 0.625. The Labute approximate surface area is 150 Å². The van der Waals surface area contributed by atoms with E-state index in [-0.39, 0.29) is 23.2 Å². The predicted octanol–water partition coefficient (Wildman–Crippen LogP) is 3.97. The number of carbonyl (C=O) groups excluding carboxylic acids is 1. The maximum Gasteiger partial charge on any atom is 0.155 e. The molecule has 0 atom stereocenters. The van der Waals surface area contributed by atoms with Crippen molar-refractivity contribution in [3.8, 4) is 17.1 Å². The number of ether oxygens (including phenoxy) is 1. The second-order valence-corrected chi connectivity index (χ2v) is 6.11. The fourth-order valence-corrected chi connectivity index (χ4v) is 2.71. The van der Waals surface area contributed by atoms with Gasteiger partial charge >= 0.3 is 0 Å². The van der Waals surface area contributed by atoms with Gasteiger partial charge in [0, 0.05) is 30.2 Å². The number of aromatic nitrogens is 4. The Bertz CT molecular complexity index is 892. The molecule has 0 saturated heterocycles. The molecule has 25 heavy (non-hydrogen) atoms. The minimum atomic E-state index is 0.208. The summed E-state index contributed by atoms with van der Waals surface area (Å²) in [6.07, 6.45) is 7.03. The van der Waals surface area contributed by atoms with Crippen LogP contribution in [0.4, 0.5) is 0 Å². The molecular weight excluding hydrogens is 340 g/mol. The topological polar surface area (TPSA) is 69.9 Å². The summed E-state index contributed by atoms with van der Waals surface area (Å²) in [5.74, 6) is 0.342. The van der Waals surface area contributed by atoms with Crippen molar-refractivity contribution < 1.29 is 9.53 Å². The number of pyridine rings is 2. The van der Waals surface area contributed by atoms with E-state index in [1.807, 2.05) is 22.9 Å². The highest BCUT2D eigenvalue weighted by molar-refractivity contribution is 6.33. The van der Waals surface area contributed by atoms with Crippen LogP contribution in [0.1, 0.15) is 35.8 Å². The molecule has 0 saturated carbocycles. The zero-order valence-corrected chi connectivity index (χ0v) is 14.6. The standard InChI is InChI=1S/C18H17ClN4O2/c1-12(2)23-16(5-7-22-23)18-13(4-3-6-21-18)11-25-17-9-20-8-15(19)14(17)10-24/h3-10,12H,11H2,1-2H3. The summed E-state index contributed by atoms with van der Waals surface area (Å²) in [7, 11) is 0. The summed E-state index contributed by atoms with van der Waals surface area (Å²) < 4.78 is 7.69. The zero-order valence-electron chi connectivity index (χ0n) is 13.9. The second kappa shape index (κ2) is 7.44. The van der Waals surface area contributed by atoms with Gasteiger partial charge in [0.15, 0.2) is 6.29 Å². The number of rotatable bonds is 6. The van der Waals surface area contributed by atoms with E-state index in [0.717, 1.165) is 17.0 Å². The SMILES string of the molecule is CC(C)n1nccc1-c1ncccc1COc1cncc(Cl)c1C=O. The van der Waals surface area contributed by atoms with Crippen molar-refractivity contribution in [1.82, 2.24) is 19.7 Å². The van der Waals surface area contributed by atoms with Gasteiger partial charge in [-0.25, -0.2) is 0 Å². The molecule has 3 rings (SSSR count). The molecule has 0 spiro atoms. The average Bonchev–Trinajstić information content (AvgIpc) is 3.10. The predicted molar refractivity (Wildman–Crippen MR) is 94.8 cm³/mol. The van der Waals surface area contributed by atoms with Crippen molar-refractivity contribution in [2.24, 2.45) is 0 Å². The molecule has 0 amide bonds. The summed E-state index contributed by atoms with van der Waals surface area (Å²) >= 11 is 5.98. The monoisotopic (exact) mass is 356 g/mol. The first-order valence-corrected chi connectivity index (χ1v) is 8.19. The van der Waals surface area contributed by atoms with Crippen molar-refractivity contribution in [3.05, 3.63) is 59.1 Å². The van der Waals surface area contributed by atoms with Crippen LogP contribution in [0.3, 0.4) is 0 Å². The van der Waals surface area contributed by atoms with Gasteiger partial charge in [0.25, 0.3) is 0 Å². The summed E-state index contributed by atoms with van der Waals surface area (Å²) in [4.78, 5) is 19.7. The Morgan fingerprint density at radius 2 is 2.12 bits per heavy atom. The van der Waals surface area contributed by atoms with Gasteiger partial charge in [0.2, 0.25) is 0 Å². The molecule has 128 valence electrons. The molecule has 0 unspecified atom stereocenters. The summed E-state index contributed by atoms with van der Waals surface area (Å²) in [5, 5.41) is 4.61. The van der Waals surface area contributed by atoms with Gasteiger partial charge < -0.3 is 4.74 Å². The van der Waals surface area contributed by atoms with E-state index in [1.165, 1.54) is 12.4 Å². The lowest BCUT2D eigenvalue weighted by Gasteiger charge is -2.14. The third kappa shape index (κ3) is 3.53. The normalized spacial score (nSPS) is 10.9. The molecule has 7 heteroatoms. The Morgan fingerprint density at radius 1 is 1.28 bits per heavy atom. The van der Waals surface area contributed by atoms with Crippen LogP contribution in [-0.2, 0) is 6.61 Å². The number of carbonyl (C=O) groups is 1. The van der Waals surface area contributed by atoms with E-state index in [4.69, 9.17) is 16.3 Å². The zero-order chi connectivity index (χ0) is 17.8. The summed E-state index contributed by atoms with van der Waals surface area (Å²) in [6, 6.07) is 5.90. The van der Waals surface area contributed by atoms with Crippen LogP contribution in [0.2, 0.25) is 5.02 Å². The molecule has 3 aromatic rings. The van der Waals surface area contributed by atoms with E-state index in [0.29, 0.717) is 12.0 Å². The average molecular weight is 357 g/mol. The molecule has 0 aliphatic heterocycles. The van der Waals surface area contributed by atoms with Crippen molar-refractivity contribution in [3.63, 3.8) is 0 Å². The van der Waals surface area contributed by atoms with Gasteiger partial charge in [-0.05, 0) is 26.0 Å². The molecule has 3 heterocycles. The van der Waals surface area contributed by atoms with Gasteiger partial charge in [0.1, 0.15) is 12.4 Å². The Balaban J connectivity index is 1.91. The van der Waals surface area contributed by atoms with Gasteiger partial charge in [-0.2, -0.15) is 5.10 Å². The van der Waals surface area contributed by atoms with Crippen LogP contribution in [0, 0.1) is 0 Å². The van der Waals surface area contributed by atoms with Crippen LogP contribution >= 0.6 is 11.6 Å². The fraction of sp³-hybridized carbons (Fsp3) is 0.222. The Morgan fingerprint density at radius 3 is 2.88 bits per heavy atom. The Kier molecular flexibility index (Phi) is 5.09. The molecule has 0 aliphatic carbocycles. The van der Waals surface area contributed by atoms with E-state index >= 15 is 0 Å². The first kappa shape index (κ1) is 17.1. The molecule has 0 radical (unpaired) electrons. The van der Waals surface area contributed by atoms with E-state index in [2.05, 4.69) is 28.9 Å². The largest absolute Gasteiger partial charge is 0.486 e. The number of nitrogens with zero attached hydrogens (tertiary/aromatic N) is 4. The van der Waals surface area contributed by atoms with Crippen molar-refractivity contribution >= 4 is 17.9 Å². The second-order valence-electron chi connectivity index (χ2n) is 5.71. The highest BCUT2D eigenvalue weighted by atomic mass is 35.5. The maximum absolute atomic E-state index is 11.2. The minimum Gasteiger partial charge on any atom is -0.486 e. The van der Waals surface area contributed by atoms with Gasteiger partial charge in [0.05, 0.1) is 28.2 Å². The van der Waals surface area contributed by atoms with Gasteiger partial charge in [-0.1, -0.05) is 17.7 Å². The molecule has 3 aromatic heterocycles. The lowest BCUT2D eigenvalue weighted by Crippen LogP contribution is -2.08. The number of hydrogen-bond donors (Lipinski definition) is 0. The van der Waals surface area contributed by atoms with Gasteiger partial charge in [-0.3, -0.25) is 19.4 Å². The Hall–Kier alpha value is -2.73. The molecule has 0 bridgehead atoms. The highest BCUT2D eigenvalue weighted by Gasteiger charge is 2.15. The number of hydrogen-bond acceptors (Lipinski definition) is 5. The van der Waals surface area contributed by atoms with E-state index in [9.17, 15) is 4.79 Å². The van der Waals surface area contributed by atoms with Crippen molar-refractivity contribution in [2.45, 2.75) is 26.5 Å². The van der Waals surface area contributed by atoms with Crippen LogP contribution in [0.15, 0.2) is 43.0 Å². The van der Waals surface area contributed by atoms with Crippen LogP contribution in [0.5, 0.6) is 5.75 Å². The van der Waals surface area contributed by atoms with E-state index in [1.54, 1.807) is 12.4 Å². The first-order valence-electron chi connectivity index (χ1n) is 7.81. The van der Waals surface area contributed by atoms with Crippen molar-refractivity contribution in [2.75, 3.05) is 0 Å². The molecule has 0 aromatic carbocycles. The van der Waals surface area contributed by atoms with Gasteiger partial charge in [-0.15, -0.1) is 0 Å². The fourth-order valence-electron chi connectivity index (χ4n) is 2.51. The smallest absolute Gasteiger partial charge is 0.155 e. The van der Waals surface area contributed by atoms with Crippen LogP contribution in [0.25, 0.3) is 11.4 Å². The molecule has 0 aliphatic rings. The molecule has 6 nitrogen and oxygen atoms in total.